The molecule has 0 radical (unpaired) electrons. The van der Waals surface area contributed by atoms with E-state index in [0.717, 1.165) is 54.3 Å². The number of carbonyl (C=O) groups excluding carboxylic acids is 2. The van der Waals surface area contributed by atoms with E-state index in [1.54, 1.807) is 4.90 Å². The van der Waals surface area contributed by atoms with Crippen LogP contribution >= 0.6 is 0 Å². The van der Waals surface area contributed by atoms with Crippen LogP contribution in [-0.2, 0) is 22.3 Å². The van der Waals surface area contributed by atoms with Crippen LogP contribution in [0.15, 0.2) is 42.9 Å². The molecule has 0 aliphatic heterocycles. The third-order valence-corrected chi connectivity index (χ3v) is 8.16. The third kappa shape index (κ3) is 9.58. The molecule has 2 atom stereocenters. The summed E-state index contributed by atoms with van der Waals surface area (Å²) in [4.78, 5) is 39.0. The second-order valence-corrected chi connectivity index (χ2v) is 14.2. The second-order valence-electron chi connectivity index (χ2n) is 14.2. The number of anilines is 1. The zero-order valence-corrected chi connectivity index (χ0v) is 28.2. The molecule has 1 saturated carbocycles. The maximum absolute atomic E-state index is 13.4. The Morgan fingerprint density at radius 1 is 0.933 bits per heavy atom. The molecule has 2 heterocycles. The molecule has 2 aromatic heterocycles. The van der Waals surface area contributed by atoms with Crippen LogP contribution in [0.5, 0.6) is 0 Å². The number of nitrogen functional groups attached to an aromatic ring is 1. The van der Waals surface area contributed by atoms with E-state index in [1.807, 2.05) is 64.6 Å². The van der Waals surface area contributed by atoms with Crippen LogP contribution in [0.4, 0.5) is 15.4 Å². The van der Waals surface area contributed by atoms with Crippen LogP contribution in [0.2, 0.25) is 0 Å². The largest absolute Gasteiger partial charge is 0.444 e. The smallest absolute Gasteiger partial charge is 0.410 e. The summed E-state index contributed by atoms with van der Waals surface area (Å²) in [6, 6.07) is 10.4. The van der Waals surface area contributed by atoms with Gasteiger partial charge in [-0.3, -0.25) is 0 Å². The summed E-state index contributed by atoms with van der Waals surface area (Å²) in [6.45, 7) is 15.5. The predicted octanol–water partition coefficient (Wildman–Crippen LogP) is 7.02. The van der Waals surface area contributed by atoms with Crippen LogP contribution < -0.4 is 5.73 Å². The van der Waals surface area contributed by atoms with Gasteiger partial charge in [-0.05, 0) is 97.1 Å². The maximum Gasteiger partial charge on any atom is 0.410 e. The van der Waals surface area contributed by atoms with Gasteiger partial charge in [0, 0.05) is 38.4 Å². The summed E-state index contributed by atoms with van der Waals surface area (Å²) >= 11 is 0. The fraction of sp³-hybridized carbons (Fsp3) is 0.600. The van der Waals surface area contributed by atoms with Crippen molar-refractivity contribution in [3.63, 3.8) is 0 Å². The molecule has 4 rings (SSSR count). The van der Waals surface area contributed by atoms with Gasteiger partial charge in [-0.2, -0.15) is 0 Å². The Morgan fingerprint density at radius 3 is 2.22 bits per heavy atom. The molecule has 1 aliphatic carbocycles. The number of rotatable bonds is 11. The standard InChI is InChI=1S/C35H52N6O4/c1-8-27-23-41(31-29(27)30(36)37-24-38-31)28-16-15-26(21-28)22-40(33(43)45-35(5,6)7)19-12-18-39(32(42)44-34(2,3)4)20-17-25-13-10-9-11-14-25/h9-11,13-14,23-24,26,28H,8,12,15-22H2,1-7H3,(H2,36,37,38)/t26-,28+/m1/s1. The number of fused-ring (bicyclic) bond motifs is 1. The first-order valence-corrected chi connectivity index (χ1v) is 16.3. The van der Waals surface area contributed by atoms with Crippen LogP contribution in [0.3, 0.4) is 0 Å². The molecule has 1 aliphatic rings. The van der Waals surface area contributed by atoms with Crippen molar-refractivity contribution >= 4 is 29.0 Å². The van der Waals surface area contributed by atoms with Crippen LogP contribution in [0.1, 0.15) is 91.3 Å². The fourth-order valence-corrected chi connectivity index (χ4v) is 6.08. The van der Waals surface area contributed by atoms with E-state index >= 15 is 0 Å². The summed E-state index contributed by atoms with van der Waals surface area (Å²) in [5, 5.41) is 0.945. The Kier molecular flexibility index (Phi) is 11.0. The van der Waals surface area contributed by atoms with Crippen LogP contribution in [-0.4, -0.2) is 73.9 Å². The van der Waals surface area contributed by atoms with Crippen molar-refractivity contribution in [2.75, 3.05) is 31.9 Å². The molecule has 1 fully saturated rings. The van der Waals surface area contributed by atoms with E-state index in [2.05, 4.69) is 39.8 Å². The average molecular weight is 621 g/mol. The van der Waals surface area contributed by atoms with Crippen molar-refractivity contribution in [2.45, 2.75) is 104 Å². The van der Waals surface area contributed by atoms with Gasteiger partial charge >= 0.3 is 12.2 Å². The number of amides is 2. The number of nitrogens with two attached hydrogens (primary N) is 1. The van der Waals surface area contributed by atoms with Gasteiger partial charge in [0.05, 0.1) is 5.39 Å². The van der Waals surface area contributed by atoms with Gasteiger partial charge < -0.3 is 29.6 Å². The molecule has 0 saturated heterocycles. The van der Waals surface area contributed by atoms with E-state index in [9.17, 15) is 9.59 Å². The van der Waals surface area contributed by atoms with Gasteiger partial charge in [0.15, 0.2) is 0 Å². The molecule has 3 aromatic rings. The Morgan fingerprint density at radius 2 is 1.58 bits per heavy atom. The van der Waals surface area contributed by atoms with E-state index in [0.29, 0.717) is 44.3 Å². The first-order valence-electron chi connectivity index (χ1n) is 16.3. The predicted molar refractivity (Wildman–Crippen MR) is 178 cm³/mol. The normalized spacial score (nSPS) is 17.0. The number of carbonyl (C=O) groups is 2. The van der Waals surface area contributed by atoms with Crippen LogP contribution in [0, 0.1) is 5.92 Å². The Hall–Kier alpha value is -3.82. The molecule has 1 aromatic carbocycles. The van der Waals surface area contributed by atoms with Crippen molar-refractivity contribution in [3.8, 4) is 0 Å². The lowest BCUT2D eigenvalue weighted by Gasteiger charge is -2.31. The van der Waals surface area contributed by atoms with E-state index < -0.39 is 11.2 Å². The number of aryl methyl sites for hydroxylation is 1. The van der Waals surface area contributed by atoms with Gasteiger partial charge in [0.2, 0.25) is 0 Å². The highest BCUT2D eigenvalue weighted by molar-refractivity contribution is 5.89. The molecule has 0 unspecified atom stereocenters. The van der Waals surface area contributed by atoms with Crippen molar-refractivity contribution in [1.29, 1.82) is 0 Å². The Bertz CT molecular complexity index is 1430. The number of ether oxygens (including phenoxy) is 2. The molecule has 2 N–H and O–H groups in total. The number of hydrogen-bond donors (Lipinski definition) is 1. The molecule has 0 bridgehead atoms. The summed E-state index contributed by atoms with van der Waals surface area (Å²) < 4.78 is 13.8. The molecule has 2 amide bonds. The SMILES string of the molecule is CCc1cn([C@H]2CC[C@@H](CN(CCCN(CCc3ccccc3)C(=O)OC(C)(C)C)C(=O)OC(C)(C)C)C2)c2ncnc(N)c12. The average Bonchev–Trinajstić information content (AvgIpc) is 3.58. The quantitative estimate of drug-likeness (QED) is 0.245. The first kappa shape index (κ1) is 34.1. The highest BCUT2D eigenvalue weighted by atomic mass is 16.6. The topological polar surface area (TPSA) is 116 Å². The van der Waals surface area contributed by atoms with E-state index in [-0.39, 0.29) is 18.2 Å². The minimum atomic E-state index is -0.605. The van der Waals surface area contributed by atoms with Crippen LogP contribution in [0.25, 0.3) is 11.0 Å². The highest BCUT2D eigenvalue weighted by Crippen LogP contribution is 2.38. The molecular formula is C35H52N6O4. The minimum Gasteiger partial charge on any atom is -0.444 e. The molecule has 0 spiro atoms. The summed E-state index contributed by atoms with van der Waals surface area (Å²) in [5.74, 6) is 0.828. The van der Waals surface area contributed by atoms with Crippen molar-refractivity contribution in [1.82, 2.24) is 24.3 Å². The van der Waals surface area contributed by atoms with Crippen molar-refractivity contribution < 1.29 is 19.1 Å². The molecule has 10 nitrogen and oxygen atoms in total. The van der Waals surface area contributed by atoms with Crippen molar-refractivity contribution in [2.24, 2.45) is 5.92 Å². The van der Waals surface area contributed by atoms with Gasteiger partial charge in [-0.15, -0.1) is 0 Å². The minimum absolute atomic E-state index is 0.272. The molecule has 45 heavy (non-hydrogen) atoms. The molecule has 246 valence electrons. The number of hydrogen-bond acceptors (Lipinski definition) is 7. The second kappa shape index (κ2) is 14.5. The van der Waals surface area contributed by atoms with Gasteiger partial charge in [0.25, 0.3) is 0 Å². The monoisotopic (exact) mass is 620 g/mol. The number of nitrogens with zero attached hydrogens (tertiary/aromatic N) is 5. The molecular weight excluding hydrogens is 568 g/mol. The lowest BCUT2D eigenvalue weighted by Crippen LogP contribution is -2.42. The summed E-state index contributed by atoms with van der Waals surface area (Å²) in [6.07, 6.45) is 8.16. The zero-order valence-electron chi connectivity index (χ0n) is 28.2. The number of aromatic nitrogens is 3. The highest BCUT2D eigenvalue weighted by Gasteiger charge is 2.32. The summed E-state index contributed by atoms with van der Waals surface area (Å²) in [7, 11) is 0. The molecule has 10 heteroatoms. The first-order chi connectivity index (χ1) is 21.2. The Balaban J connectivity index is 1.43. The Labute approximate surface area is 268 Å². The fourth-order valence-electron chi connectivity index (χ4n) is 6.08. The van der Waals surface area contributed by atoms with Gasteiger partial charge in [-0.1, -0.05) is 37.3 Å². The summed E-state index contributed by atoms with van der Waals surface area (Å²) in [5.41, 5.74) is 8.23. The zero-order chi connectivity index (χ0) is 32.8. The van der Waals surface area contributed by atoms with Gasteiger partial charge in [-0.25, -0.2) is 19.6 Å². The maximum atomic E-state index is 13.4. The number of benzene rings is 1. The lowest BCUT2D eigenvalue weighted by molar-refractivity contribution is 0.0186. The lowest BCUT2D eigenvalue weighted by atomic mass is 10.1. The van der Waals surface area contributed by atoms with E-state index in [4.69, 9.17) is 15.2 Å². The van der Waals surface area contributed by atoms with Gasteiger partial charge in [0.1, 0.15) is 29.0 Å². The third-order valence-electron chi connectivity index (χ3n) is 8.16. The van der Waals surface area contributed by atoms with Crippen molar-refractivity contribution in [3.05, 3.63) is 54.0 Å². The van der Waals surface area contributed by atoms with E-state index in [1.165, 1.54) is 6.33 Å².